The highest BCUT2D eigenvalue weighted by atomic mass is 32.2. The molecule has 10 heteroatoms. The second-order valence-corrected chi connectivity index (χ2v) is 10.8. The number of nitrogens with zero attached hydrogens (tertiary/aromatic N) is 5. The molecule has 2 aliphatic heterocycles. The van der Waals surface area contributed by atoms with Crippen molar-refractivity contribution >= 4 is 10.0 Å². The third kappa shape index (κ3) is 5.38. The Hall–Kier alpha value is -2.14. The summed E-state index contributed by atoms with van der Waals surface area (Å²) < 4.78 is 26.5. The number of pyridine rings is 1. The number of hydrogen-bond acceptors (Lipinski definition) is 7. The first-order chi connectivity index (χ1) is 14.7. The van der Waals surface area contributed by atoms with E-state index in [9.17, 15) is 18.3 Å². The van der Waals surface area contributed by atoms with Crippen LogP contribution in [0, 0.1) is 5.92 Å². The SMILES string of the molecule is CS(=O)(=O)N1CCC(O)(CN2CCC(Cn3cnc(-c4ccncc4)cc3=O)CC2)C1. The number of sulfonamides is 1. The van der Waals surface area contributed by atoms with E-state index in [1.54, 1.807) is 29.4 Å². The van der Waals surface area contributed by atoms with Crippen LogP contribution >= 0.6 is 0 Å². The highest BCUT2D eigenvalue weighted by Gasteiger charge is 2.41. The number of likely N-dealkylation sites (tertiary alicyclic amines) is 1. The van der Waals surface area contributed by atoms with Crippen molar-refractivity contribution in [3.05, 3.63) is 47.3 Å². The van der Waals surface area contributed by atoms with Crippen molar-refractivity contribution in [2.24, 2.45) is 5.92 Å². The smallest absolute Gasteiger partial charge is 0.253 e. The van der Waals surface area contributed by atoms with Crippen LogP contribution in [0.1, 0.15) is 19.3 Å². The molecule has 0 amide bonds. The van der Waals surface area contributed by atoms with Gasteiger partial charge in [-0.3, -0.25) is 14.3 Å². The Kier molecular flexibility index (Phi) is 6.25. The Morgan fingerprint density at radius 2 is 1.90 bits per heavy atom. The molecule has 2 aromatic rings. The number of aromatic nitrogens is 3. The number of β-amino-alcohol motifs (C(OH)–C–C–N with tert-alkyl or cyclic N) is 1. The topological polar surface area (TPSA) is 109 Å². The highest BCUT2D eigenvalue weighted by molar-refractivity contribution is 7.88. The molecule has 1 N–H and O–H groups in total. The Balaban J connectivity index is 1.30. The number of piperidine rings is 1. The van der Waals surface area contributed by atoms with Crippen molar-refractivity contribution in [2.45, 2.75) is 31.4 Å². The highest BCUT2D eigenvalue weighted by Crippen LogP contribution is 2.27. The summed E-state index contributed by atoms with van der Waals surface area (Å²) in [5.74, 6) is 0.369. The van der Waals surface area contributed by atoms with Gasteiger partial charge in [0.15, 0.2) is 0 Å². The molecular formula is C21H29N5O4S. The third-order valence-electron chi connectivity index (χ3n) is 6.30. The predicted molar refractivity (Wildman–Crippen MR) is 117 cm³/mol. The van der Waals surface area contributed by atoms with Gasteiger partial charge in [-0.1, -0.05) is 0 Å². The van der Waals surface area contributed by atoms with Crippen LogP contribution in [-0.4, -0.2) is 81.8 Å². The van der Waals surface area contributed by atoms with E-state index in [0.717, 1.165) is 31.5 Å². The molecule has 0 aliphatic carbocycles. The zero-order valence-electron chi connectivity index (χ0n) is 17.7. The number of rotatable bonds is 6. The average molecular weight is 448 g/mol. The van der Waals surface area contributed by atoms with E-state index in [1.807, 2.05) is 12.1 Å². The fourth-order valence-electron chi connectivity index (χ4n) is 4.50. The van der Waals surface area contributed by atoms with Gasteiger partial charge in [0.2, 0.25) is 10.0 Å². The lowest BCUT2D eigenvalue weighted by molar-refractivity contribution is 0.00601. The summed E-state index contributed by atoms with van der Waals surface area (Å²) in [5, 5.41) is 10.8. The molecule has 0 saturated carbocycles. The van der Waals surface area contributed by atoms with E-state index >= 15 is 0 Å². The van der Waals surface area contributed by atoms with Gasteiger partial charge in [-0.25, -0.2) is 13.4 Å². The van der Waals surface area contributed by atoms with Crippen molar-refractivity contribution in [3.63, 3.8) is 0 Å². The summed E-state index contributed by atoms with van der Waals surface area (Å²) in [6.07, 6.45) is 8.46. The maximum absolute atomic E-state index is 12.5. The Bertz CT molecular complexity index is 1070. The second-order valence-electron chi connectivity index (χ2n) is 8.79. The first kappa shape index (κ1) is 22.1. The van der Waals surface area contributed by atoms with Crippen LogP contribution in [0.3, 0.4) is 0 Å². The van der Waals surface area contributed by atoms with Gasteiger partial charge in [0.1, 0.15) is 0 Å². The van der Waals surface area contributed by atoms with Crippen molar-refractivity contribution in [2.75, 3.05) is 39.0 Å². The van der Waals surface area contributed by atoms with Crippen molar-refractivity contribution in [1.82, 2.24) is 23.7 Å². The van der Waals surface area contributed by atoms with E-state index in [4.69, 9.17) is 0 Å². The zero-order chi connectivity index (χ0) is 22.1. The zero-order valence-corrected chi connectivity index (χ0v) is 18.5. The van der Waals surface area contributed by atoms with Gasteiger partial charge >= 0.3 is 0 Å². The molecule has 2 aromatic heterocycles. The van der Waals surface area contributed by atoms with Gasteiger partial charge in [0.05, 0.1) is 23.9 Å². The second kappa shape index (κ2) is 8.78. The van der Waals surface area contributed by atoms with Crippen molar-refractivity contribution in [1.29, 1.82) is 0 Å². The van der Waals surface area contributed by atoms with Crippen LogP contribution in [0.2, 0.25) is 0 Å². The molecule has 1 atom stereocenters. The quantitative estimate of drug-likeness (QED) is 0.683. The lowest BCUT2D eigenvalue weighted by Crippen LogP contribution is -2.48. The first-order valence-electron chi connectivity index (χ1n) is 10.6. The average Bonchev–Trinajstić information content (AvgIpc) is 3.14. The molecule has 1 unspecified atom stereocenters. The minimum atomic E-state index is -3.27. The van der Waals surface area contributed by atoms with Crippen LogP contribution in [0.4, 0.5) is 0 Å². The summed E-state index contributed by atoms with van der Waals surface area (Å²) >= 11 is 0. The van der Waals surface area contributed by atoms with Crippen LogP contribution < -0.4 is 5.56 Å². The first-order valence-corrected chi connectivity index (χ1v) is 12.4. The molecule has 31 heavy (non-hydrogen) atoms. The summed E-state index contributed by atoms with van der Waals surface area (Å²) in [4.78, 5) is 23.2. The van der Waals surface area contributed by atoms with E-state index < -0.39 is 15.6 Å². The predicted octanol–water partition coefficient (Wildman–Crippen LogP) is 0.414. The molecule has 0 bridgehead atoms. The van der Waals surface area contributed by atoms with Gasteiger partial charge in [0.25, 0.3) is 5.56 Å². The van der Waals surface area contributed by atoms with Gasteiger partial charge in [0, 0.05) is 50.2 Å². The third-order valence-corrected chi connectivity index (χ3v) is 7.55. The maximum atomic E-state index is 12.5. The lowest BCUT2D eigenvalue weighted by Gasteiger charge is -2.36. The molecule has 4 rings (SSSR count). The van der Waals surface area contributed by atoms with Gasteiger partial charge in [-0.05, 0) is 50.4 Å². The minimum absolute atomic E-state index is 0.0645. The largest absolute Gasteiger partial charge is 0.387 e. The van der Waals surface area contributed by atoms with Crippen molar-refractivity contribution < 1.29 is 13.5 Å². The molecule has 0 aromatic carbocycles. The summed E-state index contributed by atoms with van der Waals surface area (Å²) in [7, 11) is -3.27. The van der Waals surface area contributed by atoms with E-state index in [1.165, 1.54) is 10.6 Å². The molecular weight excluding hydrogens is 418 g/mol. The van der Waals surface area contributed by atoms with E-state index in [0.29, 0.717) is 37.7 Å². The minimum Gasteiger partial charge on any atom is -0.387 e. The molecule has 0 radical (unpaired) electrons. The van der Waals surface area contributed by atoms with Gasteiger partial charge < -0.3 is 10.0 Å². The molecule has 4 heterocycles. The van der Waals surface area contributed by atoms with Crippen molar-refractivity contribution in [3.8, 4) is 11.3 Å². The summed E-state index contributed by atoms with van der Waals surface area (Å²) in [6, 6.07) is 5.22. The normalized spacial score (nSPS) is 23.9. The monoisotopic (exact) mass is 447 g/mol. The molecule has 2 saturated heterocycles. The standard InChI is InChI=1S/C21H29N5O4S/c1-31(29,30)26-11-6-21(28,15-26)14-24-9-4-17(5-10-24)13-25-16-23-19(12-20(25)27)18-2-7-22-8-3-18/h2-3,7-8,12,16-17,28H,4-6,9-11,13-15H2,1H3. The number of aliphatic hydroxyl groups is 1. The maximum Gasteiger partial charge on any atom is 0.253 e. The Morgan fingerprint density at radius 1 is 1.19 bits per heavy atom. The fourth-order valence-corrected chi connectivity index (χ4v) is 5.39. The number of hydrogen-bond donors (Lipinski definition) is 1. The van der Waals surface area contributed by atoms with Crippen LogP contribution in [0.15, 0.2) is 41.7 Å². The Labute approximate surface area is 182 Å². The van der Waals surface area contributed by atoms with Gasteiger partial charge in [-0.2, -0.15) is 4.31 Å². The molecule has 2 aliphatic rings. The van der Waals surface area contributed by atoms with Crippen LogP contribution in [0.25, 0.3) is 11.3 Å². The van der Waals surface area contributed by atoms with E-state index in [-0.39, 0.29) is 12.1 Å². The van der Waals surface area contributed by atoms with Gasteiger partial charge in [-0.15, -0.1) is 0 Å². The molecule has 2 fully saturated rings. The van der Waals surface area contributed by atoms with Crippen LogP contribution in [-0.2, 0) is 16.6 Å². The Morgan fingerprint density at radius 3 is 2.52 bits per heavy atom. The summed E-state index contributed by atoms with van der Waals surface area (Å²) in [6.45, 7) is 3.29. The van der Waals surface area contributed by atoms with E-state index in [2.05, 4.69) is 14.9 Å². The lowest BCUT2D eigenvalue weighted by atomic mass is 9.94. The molecule has 0 spiro atoms. The fraction of sp³-hybridized carbons (Fsp3) is 0.571. The molecule has 168 valence electrons. The summed E-state index contributed by atoms with van der Waals surface area (Å²) in [5.41, 5.74) is 0.461. The molecule has 9 nitrogen and oxygen atoms in total. The van der Waals surface area contributed by atoms with Crippen LogP contribution in [0.5, 0.6) is 0 Å².